The molecule has 0 saturated carbocycles. The Bertz CT molecular complexity index is 403. The van der Waals surface area contributed by atoms with E-state index in [4.69, 9.17) is 5.73 Å². The van der Waals surface area contributed by atoms with E-state index in [0.717, 1.165) is 24.1 Å². The van der Waals surface area contributed by atoms with Crippen molar-refractivity contribution in [2.75, 3.05) is 6.54 Å². The van der Waals surface area contributed by atoms with Gasteiger partial charge in [-0.25, -0.2) is 0 Å². The standard InChI is InChI=1S/C16H26N2O/c1-4-13(3)10-16(19)18(5-2)12-15-9-7-6-8-14(15)11-17/h6-9,13H,4-5,10-12,17H2,1-3H3. The van der Waals surface area contributed by atoms with Gasteiger partial charge >= 0.3 is 0 Å². The zero-order valence-corrected chi connectivity index (χ0v) is 12.4. The first-order valence-electron chi connectivity index (χ1n) is 7.16. The van der Waals surface area contributed by atoms with Crippen LogP contribution in [-0.2, 0) is 17.9 Å². The van der Waals surface area contributed by atoms with Crippen molar-refractivity contribution in [3.05, 3.63) is 35.4 Å². The summed E-state index contributed by atoms with van der Waals surface area (Å²) in [7, 11) is 0. The van der Waals surface area contributed by atoms with Gasteiger partial charge in [0.25, 0.3) is 0 Å². The lowest BCUT2D eigenvalue weighted by Gasteiger charge is -2.23. The Balaban J connectivity index is 2.73. The molecule has 1 amide bonds. The van der Waals surface area contributed by atoms with Crippen LogP contribution in [0.4, 0.5) is 0 Å². The molecule has 1 atom stereocenters. The summed E-state index contributed by atoms with van der Waals surface area (Å²) in [4.78, 5) is 14.2. The largest absolute Gasteiger partial charge is 0.339 e. The normalized spacial score (nSPS) is 12.2. The van der Waals surface area contributed by atoms with Gasteiger partial charge < -0.3 is 10.6 Å². The number of benzene rings is 1. The van der Waals surface area contributed by atoms with E-state index in [9.17, 15) is 4.79 Å². The average molecular weight is 262 g/mol. The van der Waals surface area contributed by atoms with Gasteiger partial charge in [0.15, 0.2) is 0 Å². The number of hydrogen-bond acceptors (Lipinski definition) is 2. The van der Waals surface area contributed by atoms with E-state index in [1.165, 1.54) is 0 Å². The van der Waals surface area contributed by atoms with Crippen molar-refractivity contribution in [2.45, 2.75) is 46.7 Å². The molecule has 106 valence electrons. The summed E-state index contributed by atoms with van der Waals surface area (Å²) >= 11 is 0. The van der Waals surface area contributed by atoms with Crippen LogP contribution in [0, 0.1) is 5.92 Å². The van der Waals surface area contributed by atoms with Gasteiger partial charge in [-0.05, 0) is 24.0 Å². The van der Waals surface area contributed by atoms with Gasteiger partial charge in [0.05, 0.1) is 0 Å². The topological polar surface area (TPSA) is 46.3 Å². The van der Waals surface area contributed by atoms with Crippen LogP contribution in [0.1, 0.15) is 44.7 Å². The summed E-state index contributed by atoms with van der Waals surface area (Å²) < 4.78 is 0. The first kappa shape index (κ1) is 15.7. The van der Waals surface area contributed by atoms with Crippen molar-refractivity contribution in [1.29, 1.82) is 0 Å². The summed E-state index contributed by atoms with van der Waals surface area (Å²) in [5.41, 5.74) is 8.02. The molecule has 3 nitrogen and oxygen atoms in total. The van der Waals surface area contributed by atoms with E-state index in [-0.39, 0.29) is 5.91 Å². The fourth-order valence-electron chi connectivity index (χ4n) is 2.06. The lowest BCUT2D eigenvalue weighted by molar-refractivity contribution is -0.132. The molecule has 0 spiro atoms. The van der Waals surface area contributed by atoms with Crippen LogP contribution >= 0.6 is 0 Å². The van der Waals surface area contributed by atoms with Crippen LogP contribution in [0.5, 0.6) is 0 Å². The Morgan fingerprint density at radius 2 is 1.89 bits per heavy atom. The molecule has 1 aromatic rings. The van der Waals surface area contributed by atoms with Gasteiger partial charge in [-0.2, -0.15) is 0 Å². The fourth-order valence-corrected chi connectivity index (χ4v) is 2.06. The van der Waals surface area contributed by atoms with Crippen molar-refractivity contribution in [2.24, 2.45) is 11.7 Å². The molecule has 0 aliphatic heterocycles. The second-order valence-electron chi connectivity index (χ2n) is 5.10. The highest BCUT2D eigenvalue weighted by Crippen LogP contribution is 2.14. The number of nitrogens with zero attached hydrogens (tertiary/aromatic N) is 1. The maximum Gasteiger partial charge on any atom is 0.223 e. The molecular formula is C16H26N2O. The van der Waals surface area contributed by atoms with Gasteiger partial charge in [0.1, 0.15) is 0 Å². The highest BCUT2D eigenvalue weighted by molar-refractivity contribution is 5.76. The van der Waals surface area contributed by atoms with E-state index in [1.807, 2.05) is 30.0 Å². The molecule has 0 radical (unpaired) electrons. The summed E-state index contributed by atoms with van der Waals surface area (Å²) in [6, 6.07) is 8.08. The molecule has 1 rings (SSSR count). The van der Waals surface area contributed by atoms with Crippen molar-refractivity contribution in [1.82, 2.24) is 4.90 Å². The van der Waals surface area contributed by atoms with Crippen LogP contribution in [0.25, 0.3) is 0 Å². The second-order valence-corrected chi connectivity index (χ2v) is 5.10. The third-order valence-corrected chi connectivity index (χ3v) is 3.65. The molecule has 3 heteroatoms. The molecule has 0 aliphatic carbocycles. The Labute approximate surface area is 116 Å². The average Bonchev–Trinajstić information content (AvgIpc) is 2.44. The molecule has 0 heterocycles. The van der Waals surface area contributed by atoms with E-state index >= 15 is 0 Å². The summed E-state index contributed by atoms with van der Waals surface area (Å²) in [5, 5.41) is 0. The van der Waals surface area contributed by atoms with Crippen LogP contribution in [0.2, 0.25) is 0 Å². The quantitative estimate of drug-likeness (QED) is 0.821. The molecular weight excluding hydrogens is 236 g/mol. The van der Waals surface area contributed by atoms with E-state index < -0.39 is 0 Å². The van der Waals surface area contributed by atoms with Crippen LogP contribution < -0.4 is 5.73 Å². The highest BCUT2D eigenvalue weighted by Gasteiger charge is 2.15. The zero-order valence-electron chi connectivity index (χ0n) is 12.4. The summed E-state index contributed by atoms with van der Waals surface area (Å²) in [6.45, 7) is 8.21. The number of nitrogens with two attached hydrogens (primary N) is 1. The van der Waals surface area contributed by atoms with Gasteiger partial charge in [0, 0.05) is 26.1 Å². The molecule has 1 aromatic carbocycles. The fraction of sp³-hybridized carbons (Fsp3) is 0.562. The number of amides is 1. The summed E-state index contributed by atoms with van der Waals surface area (Å²) in [5.74, 6) is 0.690. The minimum atomic E-state index is 0.240. The second kappa shape index (κ2) is 7.95. The molecule has 0 saturated heterocycles. The SMILES string of the molecule is CCC(C)CC(=O)N(CC)Cc1ccccc1CN. The molecule has 19 heavy (non-hydrogen) atoms. The predicted octanol–water partition coefficient (Wildman–Crippen LogP) is 2.93. The monoisotopic (exact) mass is 262 g/mol. The van der Waals surface area contributed by atoms with E-state index in [2.05, 4.69) is 19.9 Å². The zero-order chi connectivity index (χ0) is 14.3. The Hall–Kier alpha value is -1.35. The van der Waals surface area contributed by atoms with Crippen molar-refractivity contribution < 1.29 is 4.79 Å². The van der Waals surface area contributed by atoms with Crippen LogP contribution in [-0.4, -0.2) is 17.4 Å². The molecule has 0 aliphatic rings. The number of hydrogen-bond donors (Lipinski definition) is 1. The lowest BCUT2D eigenvalue weighted by Crippen LogP contribution is -2.31. The molecule has 0 fully saturated rings. The molecule has 0 aromatic heterocycles. The Morgan fingerprint density at radius 3 is 2.42 bits per heavy atom. The van der Waals surface area contributed by atoms with Crippen LogP contribution in [0.15, 0.2) is 24.3 Å². The third kappa shape index (κ3) is 4.67. The van der Waals surface area contributed by atoms with Crippen molar-refractivity contribution in [3.8, 4) is 0 Å². The van der Waals surface area contributed by atoms with Crippen LogP contribution in [0.3, 0.4) is 0 Å². The first-order chi connectivity index (χ1) is 9.12. The van der Waals surface area contributed by atoms with Gasteiger partial charge in [-0.15, -0.1) is 0 Å². The van der Waals surface area contributed by atoms with Gasteiger partial charge in [0.2, 0.25) is 5.91 Å². The van der Waals surface area contributed by atoms with Crippen molar-refractivity contribution >= 4 is 5.91 Å². The number of rotatable bonds is 7. The summed E-state index contributed by atoms with van der Waals surface area (Å²) in [6.07, 6.45) is 1.68. The van der Waals surface area contributed by atoms with E-state index in [0.29, 0.717) is 25.4 Å². The number of carbonyl (C=O) groups is 1. The maximum absolute atomic E-state index is 12.2. The molecule has 2 N–H and O–H groups in total. The Morgan fingerprint density at radius 1 is 1.26 bits per heavy atom. The first-order valence-corrected chi connectivity index (χ1v) is 7.16. The third-order valence-electron chi connectivity index (χ3n) is 3.65. The Kier molecular flexibility index (Phi) is 6.57. The van der Waals surface area contributed by atoms with Gasteiger partial charge in [-0.1, -0.05) is 44.5 Å². The van der Waals surface area contributed by atoms with Crippen molar-refractivity contribution in [3.63, 3.8) is 0 Å². The maximum atomic E-state index is 12.2. The molecule has 1 unspecified atom stereocenters. The predicted molar refractivity (Wildman–Crippen MR) is 79.5 cm³/mol. The van der Waals surface area contributed by atoms with E-state index in [1.54, 1.807) is 0 Å². The highest BCUT2D eigenvalue weighted by atomic mass is 16.2. The smallest absolute Gasteiger partial charge is 0.223 e. The molecule has 0 bridgehead atoms. The lowest BCUT2D eigenvalue weighted by atomic mass is 10.0. The minimum absolute atomic E-state index is 0.240. The minimum Gasteiger partial charge on any atom is -0.339 e. The van der Waals surface area contributed by atoms with Gasteiger partial charge in [-0.3, -0.25) is 4.79 Å². The number of carbonyl (C=O) groups excluding carboxylic acids is 1.